The second kappa shape index (κ2) is 3.58. The Morgan fingerprint density at radius 3 is 2.50 bits per heavy atom. The SMILES string of the molecule is C[C@@]1(c2ccc3ccccc3c2)C[C@]1(Br)C(=O)O. The summed E-state index contributed by atoms with van der Waals surface area (Å²) in [6.07, 6.45) is 0.633. The number of benzene rings is 2. The molecule has 1 N–H and O–H groups in total. The van der Waals surface area contributed by atoms with E-state index in [0.717, 1.165) is 10.9 Å². The molecule has 0 aliphatic heterocycles. The molecule has 2 aromatic rings. The molecule has 0 unspecified atom stereocenters. The molecule has 2 aromatic carbocycles. The van der Waals surface area contributed by atoms with Gasteiger partial charge in [0, 0.05) is 5.41 Å². The van der Waals surface area contributed by atoms with Crippen molar-refractivity contribution in [3.05, 3.63) is 48.0 Å². The lowest BCUT2D eigenvalue weighted by Crippen LogP contribution is -2.24. The van der Waals surface area contributed by atoms with E-state index in [0.29, 0.717) is 6.42 Å². The molecule has 0 bridgehead atoms. The number of rotatable bonds is 2. The molecule has 0 aromatic heterocycles. The van der Waals surface area contributed by atoms with Crippen LogP contribution in [0.3, 0.4) is 0 Å². The maximum atomic E-state index is 11.3. The predicted molar refractivity (Wildman–Crippen MR) is 75.2 cm³/mol. The van der Waals surface area contributed by atoms with E-state index < -0.39 is 10.3 Å². The highest BCUT2D eigenvalue weighted by Crippen LogP contribution is 2.63. The molecule has 2 nitrogen and oxygen atoms in total. The van der Waals surface area contributed by atoms with Crippen LogP contribution in [0.4, 0.5) is 0 Å². The normalized spacial score (nSPS) is 30.3. The fourth-order valence-corrected chi connectivity index (χ4v) is 3.41. The van der Waals surface area contributed by atoms with E-state index in [1.165, 1.54) is 5.39 Å². The summed E-state index contributed by atoms with van der Waals surface area (Å²) in [5.74, 6) is -0.779. The highest BCUT2D eigenvalue weighted by atomic mass is 79.9. The Kier molecular flexibility index (Phi) is 2.33. The standard InChI is InChI=1S/C15H13BrO2/c1-14(9-15(14,16)13(17)18)12-7-6-10-4-2-3-5-11(10)8-12/h2-8H,9H2,1H3,(H,17,18)/t14-,15-/m0/s1. The Hall–Kier alpha value is -1.35. The quantitative estimate of drug-likeness (QED) is 0.859. The molecule has 2 atom stereocenters. The zero-order valence-electron chi connectivity index (χ0n) is 9.98. The van der Waals surface area contributed by atoms with Gasteiger partial charge in [-0.25, -0.2) is 0 Å². The van der Waals surface area contributed by atoms with Crippen molar-refractivity contribution in [1.29, 1.82) is 0 Å². The van der Waals surface area contributed by atoms with Crippen molar-refractivity contribution >= 4 is 32.7 Å². The van der Waals surface area contributed by atoms with E-state index in [4.69, 9.17) is 0 Å². The Morgan fingerprint density at radius 1 is 1.22 bits per heavy atom. The topological polar surface area (TPSA) is 37.3 Å². The van der Waals surface area contributed by atoms with Crippen LogP contribution in [0.2, 0.25) is 0 Å². The average molecular weight is 305 g/mol. The van der Waals surface area contributed by atoms with Crippen molar-refractivity contribution < 1.29 is 9.90 Å². The number of hydrogen-bond acceptors (Lipinski definition) is 1. The first-order valence-electron chi connectivity index (χ1n) is 5.89. The lowest BCUT2D eigenvalue weighted by molar-refractivity contribution is -0.137. The first kappa shape index (κ1) is 11.7. The molecule has 1 saturated carbocycles. The Labute approximate surface area is 114 Å². The zero-order valence-corrected chi connectivity index (χ0v) is 11.6. The molecule has 1 aliphatic rings. The summed E-state index contributed by atoms with van der Waals surface area (Å²) in [6, 6.07) is 14.3. The number of alkyl halides is 1. The summed E-state index contributed by atoms with van der Waals surface area (Å²) in [6.45, 7) is 2.00. The molecule has 0 radical (unpaired) electrons. The van der Waals surface area contributed by atoms with Crippen LogP contribution in [0.5, 0.6) is 0 Å². The van der Waals surface area contributed by atoms with Gasteiger partial charge in [-0.1, -0.05) is 65.3 Å². The van der Waals surface area contributed by atoms with Gasteiger partial charge < -0.3 is 5.11 Å². The summed E-state index contributed by atoms with van der Waals surface area (Å²) in [4.78, 5) is 11.3. The molecule has 3 heteroatoms. The first-order chi connectivity index (χ1) is 8.47. The van der Waals surface area contributed by atoms with E-state index in [1.54, 1.807) is 0 Å². The number of carbonyl (C=O) groups is 1. The summed E-state index contributed by atoms with van der Waals surface area (Å²) in [5, 5.41) is 11.6. The minimum absolute atomic E-state index is 0.317. The van der Waals surface area contributed by atoms with E-state index in [2.05, 4.69) is 40.2 Å². The van der Waals surface area contributed by atoms with Crippen LogP contribution >= 0.6 is 15.9 Å². The van der Waals surface area contributed by atoms with Crippen molar-refractivity contribution in [3.63, 3.8) is 0 Å². The third-order valence-corrected chi connectivity index (χ3v) is 5.57. The predicted octanol–water partition coefficient (Wildman–Crippen LogP) is 3.72. The number of hydrogen-bond donors (Lipinski definition) is 1. The number of aliphatic carboxylic acids is 1. The highest BCUT2D eigenvalue weighted by molar-refractivity contribution is 9.10. The molecule has 0 amide bonds. The van der Waals surface area contributed by atoms with E-state index in [-0.39, 0.29) is 5.41 Å². The Balaban J connectivity index is 2.09. The maximum Gasteiger partial charge on any atom is 0.321 e. The molecule has 1 fully saturated rings. The molecule has 3 rings (SSSR count). The number of carboxylic acids is 1. The van der Waals surface area contributed by atoms with Crippen molar-refractivity contribution in [2.45, 2.75) is 23.1 Å². The molecule has 0 saturated heterocycles. The summed E-state index contributed by atoms with van der Waals surface area (Å²) in [5.41, 5.74) is 0.767. The van der Waals surface area contributed by atoms with Crippen LogP contribution in [0.15, 0.2) is 42.5 Å². The zero-order chi connectivity index (χ0) is 13.0. The van der Waals surface area contributed by atoms with Crippen molar-refractivity contribution in [3.8, 4) is 0 Å². The first-order valence-corrected chi connectivity index (χ1v) is 6.68. The lowest BCUT2D eigenvalue weighted by Gasteiger charge is -2.15. The van der Waals surface area contributed by atoms with Gasteiger partial charge in [0.2, 0.25) is 0 Å². The fourth-order valence-electron chi connectivity index (χ4n) is 2.62. The van der Waals surface area contributed by atoms with Crippen LogP contribution in [-0.2, 0) is 10.2 Å². The van der Waals surface area contributed by atoms with Gasteiger partial charge in [-0.15, -0.1) is 0 Å². The summed E-state index contributed by atoms with van der Waals surface area (Å²) in [7, 11) is 0. The molecule has 92 valence electrons. The molecule has 0 heterocycles. The monoisotopic (exact) mass is 304 g/mol. The van der Waals surface area contributed by atoms with E-state index in [1.807, 2.05) is 25.1 Å². The van der Waals surface area contributed by atoms with Gasteiger partial charge in [0.25, 0.3) is 0 Å². The van der Waals surface area contributed by atoms with Gasteiger partial charge in [-0.3, -0.25) is 4.79 Å². The fraction of sp³-hybridized carbons (Fsp3) is 0.267. The largest absolute Gasteiger partial charge is 0.480 e. The highest BCUT2D eigenvalue weighted by Gasteiger charge is 2.69. The van der Waals surface area contributed by atoms with Crippen LogP contribution in [0.1, 0.15) is 18.9 Å². The van der Waals surface area contributed by atoms with E-state index in [9.17, 15) is 9.90 Å². The van der Waals surface area contributed by atoms with Gasteiger partial charge in [-0.05, 0) is 22.8 Å². The van der Waals surface area contributed by atoms with E-state index >= 15 is 0 Å². The molecule has 0 spiro atoms. The number of fused-ring (bicyclic) bond motifs is 1. The average Bonchev–Trinajstić information content (AvgIpc) is 2.95. The minimum Gasteiger partial charge on any atom is -0.480 e. The molecular formula is C15H13BrO2. The lowest BCUT2D eigenvalue weighted by atomic mass is 9.93. The van der Waals surface area contributed by atoms with Gasteiger partial charge in [-0.2, -0.15) is 0 Å². The Bertz CT molecular complexity index is 652. The molecular weight excluding hydrogens is 292 g/mol. The number of halogens is 1. The van der Waals surface area contributed by atoms with Gasteiger partial charge >= 0.3 is 5.97 Å². The summed E-state index contributed by atoms with van der Waals surface area (Å²) < 4.78 is -0.803. The van der Waals surface area contributed by atoms with Crippen LogP contribution < -0.4 is 0 Å². The Morgan fingerprint density at radius 2 is 1.89 bits per heavy atom. The van der Waals surface area contributed by atoms with Gasteiger partial charge in [0.15, 0.2) is 0 Å². The third kappa shape index (κ3) is 1.43. The van der Waals surface area contributed by atoms with Crippen LogP contribution in [-0.4, -0.2) is 15.4 Å². The van der Waals surface area contributed by atoms with Crippen LogP contribution in [0.25, 0.3) is 10.8 Å². The van der Waals surface area contributed by atoms with Gasteiger partial charge in [0.05, 0.1) is 0 Å². The minimum atomic E-state index is -0.803. The number of carboxylic acid groups (broad SMARTS) is 1. The van der Waals surface area contributed by atoms with Crippen molar-refractivity contribution in [2.75, 3.05) is 0 Å². The molecule has 1 aliphatic carbocycles. The molecule has 18 heavy (non-hydrogen) atoms. The second-order valence-corrected chi connectivity index (χ2v) is 6.53. The van der Waals surface area contributed by atoms with Gasteiger partial charge in [0.1, 0.15) is 4.32 Å². The van der Waals surface area contributed by atoms with Crippen LogP contribution in [0, 0.1) is 0 Å². The maximum absolute atomic E-state index is 11.3. The smallest absolute Gasteiger partial charge is 0.321 e. The second-order valence-electron chi connectivity index (χ2n) is 5.18. The summed E-state index contributed by atoms with van der Waals surface area (Å²) >= 11 is 3.38. The van der Waals surface area contributed by atoms with Crippen molar-refractivity contribution in [1.82, 2.24) is 0 Å². The van der Waals surface area contributed by atoms with Crippen molar-refractivity contribution in [2.24, 2.45) is 0 Å². The third-order valence-electron chi connectivity index (χ3n) is 4.07.